The summed E-state index contributed by atoms with van der Waals surface area (Å²) in [4.78, 5) is 13.2. The number of nitrogens with one attached hydrogen (secondary N) is 1. The van der Waals surface area contributed by atoms with Crippen molar-refractivity contribution in [3.8, 4) is 0 Å². The van der Waals surface area contributed by atoms with Crippen molar-refractivity contribution in [2.45, 2.75) is 33.2 Å². The summed E-state index contributed by atoms with van der Waals surface area (Å²) in [5, 5.41) is 2.79. The van der Waals surface area contributed by atoms with Crippen molar-refractivity contribution in [2.24, 2.45) is 0 Å². The number of hydrogen-bond acceptors (Lipinski definition) is 2. The molecule has 0 saturated carbocycles. The van der Waals surface area contributed by atoms with Gasteiger partial charge in [-0.05, 0) is 18.1 Å². The first-order valence-corrected chi connectivity index (χ1v) is 5.24. The van der Waals surface area contributed by atoms with Crippen LogP contribution in [0.4, 0.5) is 0 Å². The summed E-state index contributed by atoms with van der Waals surface area (Å²) in [6.45, 7) is 6.55. The van der Waals surface area contributed by atoms with Gasteiger partial charge in [0.1, 0.15) is 0 Å². The van der Waals surface area contributed by atoms with E-state index < -0.39 is 0 Å². The van der Waals surface area contributed by atoms with Crippen LogP contribution in [0.25, 0.3) is 0 Å². The maximum atomic E-state index is 10.7. The monoisotopic (exact) mass is 197 g/mol. The summed E-state index contributed by atoms with van der Waals surface area (Å²) in [6.07, 6.45) is 0. The summed E-state index contributed by atoms with van der Waals surface area (Å²) < 4.78 is 0. The van der Waals surface area contributed by atoms with E-state index in [9.17, 15) is 4.79 Å². The molecule has 1 aromatic rings. The van der Waals surface area contributed by atoms with Crippen molar-refractivity contribution < 1.29 is 4.79 Å². The van der Waals surface area contributed by atoms with Gasteiger partial charge in [0, 0.05) is 16.7 Å². The molecule has 0 spiro atoms. The van der Waals surface area contributed by atoms with E-state index in [-0.39, 0.29) is 5.91 Å². The average molecular weight is 197 g/mol. The van der Waals surface area contributed by atoms with Crippen molar-refractivity contribution in [1.82, 2.24) is 5.32 Å². The van der Waals surface area contributed by atoms with Crippen LogP contribution in [0.15, 0.2) is 12.1 Å². The molecule has 0 bridgehead atoms. The highest BCUT2D eigenvalue weighted by Crippen LogP contribution is 2.23. The van der Waals surface area contributed by atoms with E-state index in [1.165, 1.54) is 16.7 Å². The van der Waals surface area contributed by atoms with Gasteiger partial charge in [-0.1, -0.05) is 13.8 Å². The van der Waals surface area contributed by atoms with Gasteiger partial charge in [-0.15, -0.1) is 11.3 Å². The van der Waals surface area contributed by atoms with E-state index >= 15 is 0 Å². The molecule has 2 nitrogen and oxygen atoms in total. The van der Waals surface area contributed by atoms with E-state index in [0.29, 0.717) is 12.5 Å². The molecule has 13 heavy (non-hydrogen) atoms. The minimum Gasteiger partial charge on any atom is -0.351 e. The molecular weight excluding hydrogens is 182 g/mol. The second kappa shape index (κ2) is 4.42. The molecule has 1 N–H and O–H groups in total. The molecule has 0 atom stereocenters. The maximum absolute atomic E-state index is 10.7. The first kappa shape index (κ1) is 10.3. The van der Waals surface area contributed by atoms with Crippen molar-refractivity contribution >= 4 is 17.2 Å². The molecule has 0 saturated heterocycles. The maximum Gasteiger partial charge on any atom is 0.217 e. The second-order valence-corrected chi connectivity index (χ2v) is 4.57. The minimum atomic E-state index is 0.0273. The minimum absolute atomic E-state index is 0.0273. The molecule has 1 rings (SSSR count). The highest BCUT2D eigenvalue weighted by Gasteiger charge is 2.03. The summed E-state index contributed by atoms with van der Waals surface area (Å²) in [6, 6.07) is 4.21. The lowest BCUT2D eigenvalue weighted by molar-refractivity contribution is -0.119. The Balaban J connectivity index is 2.54. The van der Waals surface area contributed by atoms with Crippen LogP contribution >= 0.6 is 11.3 Å². The largest absolute Gasteiger partial charge is 0.351 e. The number of rotatable bonds is 3. The highest BCUT2D eigenvalue weighted by atomic mass is 32.1. The van der Waals surface area contributed by atoms with E-state index in [1.54, 1.807) is 11.3 Å². The van der Waals surface area contributed by atoms with Gasteiger partial charge in [0.25, 0.3) is 0 Å². The zero-order valence-electron chi connectivity index (χ0n) is 8.26. The van der Waals surface area contributed by atoms with Gasteiger partial charge in [-0.25, -0.2) is 0 Å². The van der Waals surface area contributed by atoms with E-state index in [1.807, 2.05) is 0 Å². The third kappa shape index (κ3) is 3.19. The van der Waals surface area contributed by atoms with E-state index in [2.05, 4.69) is 31.3 Å². The Kier molecular flexibility index (Phi) is 3.48. The molecule has 0 fully saturated rings. The first-order valence-electron chi connectivity index (χ1n) is 4.42. The third-order valence-corrected chi connectivity index (χ3v) is 3.15. The topological polar surface area (TPSA) is 29.1 Å². The fourth-order valence-corrected chi connectivity index (χ4v) is 1.97. The number of thiophene rings is 1. The Bertz CT molecular complexity index is 291. The van der Waals surface area contributed by atoms with Crippen molar-refractivity contribution in [1.29, 1.82) is 0 Å². The zero-order valence-corrected chi connectivity index (χ0v) is 9.07. The van der Waals surface area contributed by atoms with Crippen LogP contribution < -0.4 is 5.32 Å². The molecule has 72 valence electrons. The summed E-state index contributed by atoms with van der Waals surface area (Å²) in [7, 11) is 0. The lowest BCUT2D eigenvalue weighted by atomic mass is 10.2. The number of carbonyl (C=O) groups excluding carboxylic acids is 1. The molecule has 1 heterocycles. The standard InChI is InChI=1S/C10H15NOS/c1-7(2)10-5-4-9(13-10)6-11-8(3)12/h4-5,7H,6H2,1-3H3,(H,11,12). The number of amides is 1. The highest BCUT2D eigenvalue weighted by molar-refractivity contribution is 7.12. The van der Waals surface area contributed by atoms with Crippen molar-refractivity contribution in [3.63, 3.8) is 0 Å². The van der Waals surface area contributed by atoms with Crippen LogP contribution in [-0.2, 0) is 11.3 Å². The molecular formula is C10H15NOS. The van der Waals surface area contributed by atoms with Crippen LogP contribution in [0.3, 0.4) is 0 Å². The molecule has 0 unspecified atom stereocenters. The van der Waals surface area contributed by atoms with Crippen molar-refractivity contribution in [3.05, 3.63) is 21.9 Å². The van der Waals surface area contributed by atoms with Gasteiger partial charge >= 0.3 is 0 Å². The second-order valence-electron chi connectivity index (χ2n) is 3.37. The normalized spacial score (nSPS) is 10.5. The van der Waals surface area contributed by atoms with Crippen LogP contribution in [0.1, 0.15) is 36.4 Å². The molecule has 0 aliphatic heterocycles. The van der Waals surface area contributed by atoms with Gasteiger partial charge in [0.15, 0.2) is 0 Å². The van der Waals surface area contributed by atoms with Gasteiger partial charge in [-0.2, -0.15) is 0 Å². The zero-order chi connectivity index (χ0) is 9.84. The Morgan fingerprint density at radius 3 is 2.69 bits per heavy atom. The summed E-state index contributed by atoms with van der Waals surface area (Å²) in [5.41, 5.74) is 0. The summed E-state index contributed by atoms with van der Waals surface area (Å²) in [5.74, 6) is 0.607. The van der Waals surface area contributed by atoms with E-state index in [4.69, 9.17) is 0 Å². The molecule has 0 aliphatic carbocycles. The Morgan fingerprint density at radius 1 is 1.54 bits per heavy atom. The lowest BCUT2D eigenvalue weighted by Gasteiger charge is -1.99. The van der Waals surface area contributed by atoms with Crippen LogP contribution in [0, 0.1) is 0 Å². The Hall–Kier alpha value is -0.830. The Labute approximate surface area is 83.0 Å². The molecule has 0 aromatic carbocycles. The lowest BCUT2D eigenvalue weighted by Crippen LogP contribution is -2.17. The fraction of sp³-hybridized carbons (Fsp3) is 0.500. The van der Waals surface area contributed by atoms with Gasteiger partial charge in [-0.3, -0.25) is 4.79 Å². The third-order valence-electron chi connectivity index (χ3n) is 1.76. The fourth-order valence-electron chi connectivity index (χ4n) is 1.01. The quantitative estimate of drug-likeness (QED) is 0.792. The van der Waals surface area contributed by atoms with E-state index in [0.717, 1.165) is 0 Å². The SMILES string of the molecule is CC(=O)NCc1ccc(C(C)C)s1. The van der Waals surface area contributed by atoms with Crippen LogP contribution in [0.5, 0.6) is 0 Å². The number of carbonyl (C=O) groups is 1. The molecule has 1 amide bonds. The van der Waals surface area contributed by atoms with Crippen molar-refractivity contribution in [2.75, 3.05) is 0 Å². The Morgan fingerprint density at radius 2 is 2.23 bits per heavy atom. The van der Waals surface area contributed by atoms with Gasteiger partial charge in [0.05, 0.1) is 6.54 Å². The average Bonchev–Trinajstić information content (AvgIpc) is 2.48. The molecule has 0 aliphatic rings. The smallest absolute Gasteiger partial charge is 0.217 e. The number of hydrogen-bond donors (Lipinski definition) is 1. The van der Waals surface area contributed by atoms with Gasteiger partial charge in [0.2, 0.25) is 5.91 Å². The predicted octanol–water partition coefficient (Wildman–Crippen LogP) is 2.51. The van der Waals surface area contributed by atoms with Crippen LogP contribution in [-0.4, -0.2) is 5.91 Å². The predicted molar refractivity (Wildman–Crippen MR) is 55.9 cm³/mol. The molecule has 0 radical (unpaired) electrons. The first-order chi connectivity index (χ1) is 6.09. The molecule has 3 heteroatoms. The summed E-state index contributed by atoms with van der Waals surface area (Å²) >= 11 is 1.77. The molecule has 1 aromatic heterocycles. The van der Waals surface area contributed by atoms with Gasteiger partial charge < -0.3 is 5.32 Å². The van der Waals surface area contributed by atoms with Crippen LogP contribution in [0.2, 0.25) is 0 Å².